The molecule has 90 valence electrons. The Morgan fingerprint density at radius 2 is 2.47 bits per heavy atom. The third-order valence-electron chi connectivity index (χ3n) is 2.66. The van der Waals surface area contributed by atoms with Crippen LogP contribution in [0.1, 0.15) is 18.5 Å². The number of pyridine rings is 1. The predicted octanol–water partition coefficient (Wildman–Crippen LogP) is 0.406. The SMILES string of the molecule is NC(=S)c1ncccc1NC1CCCNC1=O. The van der Waals surface area contributed by atoms with Crippen molar-refractivity contribution < 1.29 is 4.79 Å². The second-order valence-electron chi connectivity index (χ2n) is 3.89. The molecule has 0 bridgehead atoms. The highest BCUT2D eigenvalue weighted by Gasteiger charge is 2.22. The number of piperidine rings is 1. The first-order valence-corrected chi connectivity index (χ1v) is 5.88. The number of nitrogens with zero attached hydrogens (tertiary/aromatic N) is 1. The smallest absolute Gasteiger partial charge is 0.242 e. The summed E-state index contributed by atoms with van der Waals surface area (Å²) in [6, 6.07) is 3.37. The van der Waals surface area contributed by atoms with Gasteiger partial charge in [-0.15, -0.1) is 0 Å². The zero-order chi connectivity index (χ0) is 12.3. The van der Waals surface area contributed by atoms with Crippen LogP contribution in [0.25, 0.3) is 0 Å². The highest BCUT2D eigenvalue weighted by Crippen LogP contribution is 2.16. The van der Waals surface area contributed by atoms with Gasteiger partial charge >= 0.3 is 0 Å². The van der Waals surface area contributed by atoms with Gasteiger partial charge in [0.1, 0.15) is 16.7 Å². The van der Waals surface area contributed by atoms with E-state index in [9.17, 15) is 4.79 Å². The van der Waals surface area contributed by atoms with Crippen LogP contribution in [-0.4, -0.2) is 28.5 Å². The average Bonchev–Trinajstić information content (AvgIpc) is 2.32. The Morgan fingerprint density at radius 1 is 1.65 bits per heavy atom. The molecule has 0 saturated carbocycles. The number of thiocarbonyl (C=S) groups is 1. The van der Waals surface area contributed by atoms with E-state index < -0.39 is 0 Å². The Labute approximate surface area is 105 Å². The molecule has 1 fully saturated rings. The molecule has 2 heterocycles. The summed E-state index contributed by atoms with van der Waals surface area (Å²) in [5, 5.41) is 5.95. The quantitative estimate of drug-likeness (QED) is 0.677. The van der Waals surface area contributed by atoms with Crippen molar-refractivity contribution in [3.8, 4) is 0 Å². The van der Waals surface area contributed by atoms with E-state index in [0.717, 1.165) is 19.4 Å². The number of hydrogen-bond acceptors (Lipinski definition) is 4. The van der Waals surface area contributed by atoms with Gasteiger partial charge in [0.2, 0.25) is 5.91 Å². The molecule has 1 aliphatic heterocycles. The number of carbonyl (C=O) groups is 1. The van der Waals surface area contributed by atoms with Crippen LogP contribution in [0.5, 0.6) is 0 Å². The maximum absolute atomic E-state index is 11.6. The second-order valence-corrected chi connectivity index (χ2v) is 4.33. The van der Waals surface area contributed by atoms with Crippen molar-refractivity contribution in [2.75, 3.05) is 11.9 Å². The minimum Gasteiger partial charge on any atom is -0.388 e. The van der Waals surface area contributed by atoms with E-state index in [1.54, 1.807) is 12.3 Å². The monoisotopic (exact) mass is 250 g/mol. The predicted molar refractivity (Wildman–Crippen MR) is 69.8 cm³/mol. The highest BCUT2D eigenvalue weighted by molar-refractivity contribution is 7.80. The standard InChI is InChI=1S/C11H14N4OS/c12-10(17)9-7(3-1-5-13-9)15-8-4-2-6-14-11(8)16/h1,3,5,8,15H,2,4,6H2,(H2,12,17)(H,14,16). The summed E-state index contributed by atoms with van der Waals surface area (Å²) in [6.07, 6.45) is 3.39. The van der Waals surface area contributed by atoms with Crippen LogP contribution >= 0.6 is 12.2 Å². The molecule has 1 unspecified atom stereocenters. The summed E-state index contributed by atoms with van der Waals surface area (Å²) < 4.78 is 0. The van der Waals surface area contributed by atoms with Crippen molar-refractivity contribution >= 4 is 28.8 Å². The van der Waals surface area contributed by atoms with E-state index in [1.165, 1.54) is 0 Å². The molecule has 1 saturated heterocycles. The summed E-state index contributed by atoms with van der Waals surface area (Å²) in [7, 11) is 0. The molecule has 1 atom stereocenters. The number of carbonyl (C=O) groups excluding carboxylic acids is 1. The zero-order valence-corrected chi connectivity index (χ0v) is 10.1. The molecule has 1 aromatic heterocycles. The van der Waals surface area contributed by atoms with Crippen LogP contribution in [-0.2, 0) is 4.79 Å². The molecule has 4 N–H and O–H groups in total. The van der Waals surface area contributed by atoms with Crippen molar-refractivity contribution in [2.24, 2.45) is 5.73 Å². The molecule has 0 radical (unpaired) electrons. The second kappa shape index (κ2) is 5.09. The van der Waals surface area contributed by atoms with Gasteiger partial charge < -0.3 is 16.4 Å². The van der Waals surface area contributed by atoms with Gasteiger partial charge in [-0.1, -0.05) is 12.2 Å². The number of nitrogens with one attached hydrogen (secondary N) is 2. The normalized spacial score (nSPS) is 19.5. The van der Waals surface area contributed by atoms with Crippen LogP contribution < -0.4 is 16.4 Å². The average molecular weight is 250 g/mol. The number of hydrogen-bond donors (Lipinski definition) is 3. The molecule has 6 heteroatoms. The minimum absolute atomic E-state index is 0.00833. The Bertz CT molecular complexity index is 449. The minimum atomic E-state index is -0.235. The molecule has 17 heavy (non-hydrogen) atoms. The van der Waals surface area contributed by atoms with Gasteiger partial charge in [0.15, 0.2) is 0 Å². The first-order valence-electron chi connectivity index (χ1n) is 5.47. The fourth-order valence-corrected chi connectivity index (χ4v) is 1.98. The van der Waals surface area contributed by atoms with Crippen molar-refractivity contribution in [3.05, 3.63) is 24.0 Å². The van der Waals surface area contributed by atoms with Gasteiger partial charge in [0, 0.05) is 12.7 Å². The lowest BCUT2D eigenvalue weighted by Crippen LogP contribution is -2.44. The van der Waals surface area contributed by atoms with Crippen LogP contribution in [0.2, 0.25) is 0 Å². The third-order valence-corrected chi connectivity index (χ3v) is 2.85. The summed E-state index contributed by atoms with van der Waals surface area (Å²) in [4.78, 5) is 16.0. The van der Waals surface area contributed by atoms with E-state index in [-0.39, 0.29) is 16.9 Å². The van der Waals surface area contributed by atoms with E-state index in [1.807, 2.05) is 6.07 Å². The Morgan fingerprint density at radius 3 is 3.18 bits per heavy atom. The Kier molecular flexibility index (Phi) is 3.53. The van der Waals surface area contributed by atoms with Crippen molar-refractivity contribution in [2.45, 2.75) is 18.9 Å². The maximum Gasteiger partial charge on any atom is 0.242 e. The number of amides is 1. The van der Waals surface area contributed by atoms with Gasteiger partial charge in [-0.3, -0.25) is 9.78 Å². The van der Waals surface area contributed by atoms with Gasteiger partial charge in [0.25, 0.3) is 0 Å². The topological polar surface area (TPSA) is 80.0 Å². The molecule has 1 amide bonds. The molecular formula is C11H14N4OS. The van der Waals surface area contributed by atoms with E-state index in [4.69, 9.17) is 18.0 Å². The lowest BCUT2D eigenvalue weighted by molar-refractivity contribution is -0.123. The van der Waals surface area contributed by atoms with Gasteiger partial charge in [0.05, 0.1) is 5.69 Å². The van der Waals surface area contributed by atoms with E-state index in [0.29, 0.717) is 11.4 Å². The summed E-state index contributed by atoms with van der Waals surface area (Å²) >= 11 is 4.92. The van der Waals surface area contributed by atoms with Crippen LogP contribution in [0.3, 0.4) is 0 Å². The van der Waals surface area contributed by atoms with E-state index >= 15 is 0 Å². The van der Waals surface area contributed by atoms with Crippen molar-refractivity contribution in [3.63, 3.8) is 0 Å². The molecule has 0 aliphatic carbocycles. The third kappa shape index (κ3) is 2.71. The Hall–Kier alpha value is -1.69. The maximum atomic E-state index is 11.6. The molecule has 1 aromatic rings. The molecule has 5 nitrogen and oxygen atoms in total. The summed E-state index contributed by atoms with van der Waals surface area (Å²) in [5.74, 6) is 0.00833. The summed E-state index contributed by atoms with van der Waals surface area (Å²) in [6.45, 7) is 0.742. The molecule has 0 aromatic carbocycles. The van der Waals surface area contributed by atoms with Gasteiger partial charge in [-0.25, -0.2) is 0 Å². The number of aromatic nitrogens is 1. The van der Waals surface area contributed by atoms with Crippen LogP contribution in [0, 0.1) is 0 Å². The zero-order valence-electron chi connectivity index (χ0n) is 9.27. The molecule has 1 aliphatic rings. The fourth-order valence-electron chi connectivity index (χ4n) is 1.82. The number of rotatable bonds is 3. The summed E-state index contributed by atoms with van der Waals surface area (Å²) in [5.41, 5.74) is 6.82. The number of nitrogens with two attached hydrogens (primary N) is 1. The first kappa shape index (κ1) is 11.8. The molecule has 0 spiro atoms. The van der Waals surface area contributed by atoms with Gasteiger partial charge in [-0.05, 0) is 25.0 Å². The van der Waals surface area contributed by atoms with Gasteiger partial charge in [-0.2, -0.15) is 0 Å². The van der Waals surface area contributed by atoms with Crippen LogP contribution in [0.4, 0.5) is 5.69 Å². The highest BCUT2D eigenvalue weighted by atomic mass is 32.1. The fraction of sp³-hybridized carbons (Fsp3) is 0.364. The van der Waals surface area contributed by atoms with Crippen molar-refractivity contribution in [1.82, 2.24) is 10.3 Å². The number of anilines is 1. The van der Waals surface area contributed by atoms with Crippen molar-refractivity contribution in [1.29, 1.82) is 0 Å². The van der Waals surface area contributed by atoms with E-state index in [2.05, 4.69) is 15.6 Å². The lowest BCUT2D eigenvalue weighted by atomic mass is 10.1. The van der Waals surface area contributed by atoms with Crippen LogP contribution in [0.15, 0.2) is 18.3 Å². The largest absolute Gasteiger partial charge is 0.388 e. The lowest BCUT2D eigenvalue weighted by Gasteiger charge is -2.24. The molecular weight excluding hydrogens is 236 g/mol. The first-order chi connectivity index (χ1) is 8.18. The Balaban J connectivity index is 2.17. The molecule has 2 rings (SSSR count).